The summed E-state index contributed by atoms with van der Waals surface area (Å²) in [4.78, 5) is 8.78. The highest BCUT2D eigenvalue weighted by Crippen LogP contribution is 2.07. The Balaban J connectivity index is 1.97. The van der Waals surface area contributed by atoms with E-state index in [4.69, 9.17) is 16.5 Å². The minimum atomic E-state index is 0.697. The largest absolute Gasteiger partial charge is 0.263 e. The average molecular weight is 222 g/mol. The van der Waals surface area contributed by atoms with E-state index in [1.165, 1.54) is 11.1 Å². The lowest BCUT2D eigenvalue weighted by molar-refractivity contribution is 0.119. The van der Waals surface area contributed by atoms with Crippen molar-refractivity contribution in [2.75, 3.05) is 0 Å². The first-order valence-electron chi connectivity index (χ1n) is 4.29. The smallest absolute Gasteiger partial charge is 0.134 e. The zero-order valence-corrected chi connectivity index (χ0v) is 8.50. The van der Waals surface area contributed by atoms with Gasteiger partial charge in [0.15, 0.2) is 0 Å². The van der Waals surface area contributed by atoms with Crippen molar-refractivity contribution in [1.82, 2.24) is 9.71 Å². The van der Waals surface area contributed by atoms with Crippen LogP contribution in [0.2, 0.25) is 5.02 Å². The first-order valence-corrected chi connectivity index (χ1v) is 4.67. The first-order chi connectivity index (χ1) is 7.34. The van der Waals surface area contributed by atoms with Gasteiger partial charge < -0.3 is 0 Å². The molecule has 2 rings (SSSR count). The lowest BCUT2D eigenvalue weighted by Crippen LogP contribution is -2.01. The number of oxime groups is 1. The summed E-state index contributed by atoms with van der Waals surface area (Å²) in [6.45, 7) is 0. The molecule has 0 aliphatic heterocycles. The van der Waals surface area contributed by atoms with Gasteiger partial charge in [0.25, 0.3) is 0 Å². The molecular weight excluding hydrogens is 214 g/mol. The molecule has 0 aliphatic carbocycles. The molecule has 15 heavy (non-hydrogen) atoms. The first kappa shape index (κ1) is 9.73. The van der Waals surface area contributed by atoms with Gasteiger partial charge in [-0.2, -0.15) is 0 Å². The fraction of sp³-hybridized carbons (Fsp3) is 0. The summed E-state index contributed by atoms with van der Waals surface area (Å²) in [7, 11) is 0. The van der Waals surface area contributed by atoms with Crippen LogP contribution in [0.15, 0.2) is 48.1 Å². The lowest BCUT2D eigenvalue weighted by atomic mass is 10.2. The summed E-state index contributed by atoms with van der Waals surface area (Å²) in [6, 6.07) is 7.28. The van der Waals surface area contributed by atoms with E-state index in [9.17, 15) is 0 Å². The molecule has 0 spiro atoms. The third kappa shape index (κ3) is 2.82. The van der Waals surface area contributed by atoms with Crippen molar-refractivity contribution in [3.63, 3.8) is 0 Å². The summed E-state index contributed by atoms with van der Waals surface area (Å²) in [5, 5.41) is 4.47. The highest BCUT2D eigenvalue weighted by molar-refractivity contribution is 6.30. The van der Waals surface area contributed by atoms with Gasteiger partial charge in [-0.3, -0.25) is 4.94 Å². The number of benzene rings is 1. The summed E-state index contributed by atoms with van der Waals surface area (Å²) in [5.41, 5.74) is 0.916. The molecule has 0 saturated carbocycles. The Hall–Kier alpha value is -1.81. The second kappa shape index (κ2) is 4.61. The molecule has 0 amide bonds. The Labute approximate surface area is 91.7 Å². The molecule has 1 aromatic carbocycles. The molecular formula is C10H8ClN3O. The van der Waals surface area contributed by atoms with E-state index in [-0.39, 0.29) is 0 Å². The van der Waals surface area contributed by atoms with Gasteiger partial charge in [-0.05, 0) is 17.7 Å². The molecule has 0 bridgehead atoms. The van der Waals surface area contributed by atoms with E-state index in [1.807, 2.05) is 12.1 Å². The second-order valence-electron chi connectivity index (χ2n) is 2.79. The van der Waals surface area contributed by atoms with Gasteiger partial charge >= 0.3 is 0 Å². The number of rotatable bonds is 3. The molecule has 2 aromatic rings. The van der Waals surface area contributed by atoms with Crippen LogP contribution >= 0.6 is 11.6 Å². The van der Waals surface area contributed by atoms with Gasteiger partial charge in [-0.1, -0.05) is 28.9 Å². The van der Waals surface area contributed by atoms with Crippen LogP contribution in [0.4, 0.5) is 0 Å². The average Bonchev–Trinajstić information content (AvgIpc) is 2.74. The van der Waals surface area contributed by atoms with E-state index in [0.717, 1.165) is 5.56 Å². The molecule has 0 fully saturated rings. The van der Waals surface area contributed by atoms with E-state index in [0.29, 0.717) is 5.02 Å². The molecule has 1 heterocycles. The van der Waals surface area contributed by atoms with Crippen LogP contribution in [-0.2, 0) is 0 Å². The number of imidazole rings is 1. The van der Waals surface area contributed by atoms with Gasteiger partial charge in [0.2, 0.25) is 0 Å². The van der Waals surface area contributed by atoms with Crippen molar-refractivity contribution in [2.24, 2.45) is 5.16 Å². The zero-order chi connectivity index (χ0) is 10.5. The SMILES string of the molecule is Clc1ccc(C=NOn2ccnc2)cc1. The molecule has 0 atom stereocenters. The molecule has 1 aromatic heterocycles. The molecule has 0 aliphatic rings. The maximum Gasteiger partial charge on any atom is 0.134 e. The second-order valence-corrected chi connectivity index (χ2v) is 3.23. The Morgan fingerprint density at radius 3 is 2.80 bits per heavy atom. The third-order valence-electron chi connectivity index (χ3n) is 1.69. The lowest BCUT2D eigenvalue weighted by Gasteiger charge is -1.95. The van der Waals surface area contributed by atoms with Gasteiger partial charge in [0.1, 0.15) is 6.33 Å². The minimum absolute atomic E-state index is 0.697. The maximum atomic E-state index is 5.74. The topological polar surface area (TPSA) is 39.4 Å². The molecule has 4 nitrogen and oxygen atoms in total. The Morgan fingerprint density at radius 2 is 2.13 bits per heavy atom. The van der Waals surface area contributed by atoms with Crippen molar-refractivity contribution in [3.05, 3.63) is 53.6 Å². The quantitative estimate of drug-likeness (QED) is 0.588. The highest BCUT2D eigenvalue weighted by Gasteiger charge is 1.89. The van der Waals surface area contributed by atoms with Crippen LogP contribution in [0.25, 0.3) is 0 Å². The summed E-state index contributed by atoms with van der Waals surface area (Å²) in [6.07, 6.45) is 6.37. The molecule has 0 radical (unpaired) electrons. The van der Waals surface area contributed by atoms with Crippen molar-refractivity contribution in [3.8, 4) is 0 Å². The monoisotopic (exact) mass is 221 g/mol. The van der Waals surface area contributed by atoms with Crippen molar-refractivity contribution in [2.45, 2.75) is 0 Å². The van der Waals surface area contributed by atoms with Crippen LogP contribution < -0.4 is 4.94 Å². The fourth-order valence-electron chi connectivity index (χ4n) is 0.983. The van der Waals surface area contributed by atoms with Gasteiger partial charge in [-0.15, -0.1) is 4.73 Å². The van der Waals surface area contributed by atoms with Crippen LogP contribution in [-0.4, -0.2) is 15.9 Å². The molecule has 76 valence electrons. The Kier molecular flexibility index (Phi) is 2.99. The molecule has 0 unspecified atom stereocenters. The predicted octanol–water partition coefficient (Wildman–Crippen LogP) is 2.00. The molecule has 0 N–H and O–H groups in total. The summed E-state index contributed by atoms with van der Waals surface area (Å²) >= 11 is 5.74. The normalized spacial score (nSPS) is 10.7. The number of aromatic nitrogens is 2. The number of halogens is 1. The summed E-state index contributed by atoms with van der Waals surface area (Å²) in [5.74, 6) is 0. The van der Waals surface area contributed by atoms with E-state index in [1.54, 1.807) is 30.7 Å². The van der Waals surface area contributed by atoms with Gasteiger partial charge in [0.05, 0.1) is 12.4 Å². The highest BCUT2D eigenvalue weighted by atomic mass is 35.5. The number of nitrogens with zero attached hydrogens (tertiary/aromatic N) is 3. The Morgan fingerprint density at radius 1 is 1.33 bits per heavy atom. The van der Waals surface area contributed by atoms with Gasteiger partial charge in [-0.25, -0.2) is 4.98 Å². The fourth-order valence-corrected chi connectivity index (χ4v) is 1.11. The molecule has 5 heteroatoms. The number of hydrogen-bond acceptors (Lipinski definition) is 3. The van der Waals surface area contributed by atoms with E-state index in [2.05, 4.69) is 10.1 Å². The maximum absolute atomic E-state index is 5.74. The predicted molar refractivity (Wildman–Crippen MR) is 57.9 cm³/mol. The van der Waals surface area contributed by atoms with E-state index < -0.39 is 0 Å². The molecule has 0 saturated heterocycles. The zero-order valence-electron chi connectivity index (χ0n) is 7.75. The van der Waals surface area contributed by atoms with Crippen molar-refractivity contribution >= 4 is 17.8 Å². The Bertz CT molecular complexity index is 436. The van der Waals surface area contributed by atoms with Crippen molar-refractivity contribution in [1.29, 1.82) is 0 Å². The standard InChI is InChI=1S/C10H8ClN3O/c11-10-3-1-9(2-4-10)7-13-15-14-6-5-12-8-14/h1-8H. The number of hydrogen-bond donors (Lipinski definition) is 0. The van der Waals surface area contributed by atoms with Crippen LogP contribution in [0.3, 0.4) is 0 Å². The van der Waals surface area contributed by atoms with Crippen LogP contribution in [0.5, 0.6) is 0 Å². The van der Waals surface area contributed by atoms with Crippen LogP contribution in [0, 0.1) is 0 Å². The summed E-state index contributed by atoms with van der Waals surface area (Å²) < 4.78 is 1.40. The van der Waals surface area contributed by atoms with Crippen molar-refractivity contribution < 1.29 is 4.94 Å². The third-order valence-corrected chi connectivity index (χ3v) is 1.95. The van der Waals surface area contributed by atoms with Gasteiger partial charge in [0, 0.05) is 11.2 Å². The van der Waals surface area contributed by atoms with Crippen LogP contribution in [0.1, 0.15) is 5.56 Å². The minimum Gasteiger partial charge on any atom is -0.263 e. The van der Waals surface area contributed by atoms with E-state index >= 15 is 0 Å².